The summed E-state index contributed by atoms with van der Waals surface area (Å²) in [6.45, 7) is 1.98. The molecule has 14 heteroatoms. The van der Waals surface area contributed by atoms with E-state index in [9.17, 15) is 23.6 Å². The number of hydrogen-bond donors (Lipinski definition) is 4. The lowest BCUT2D eigenvalue weighted by Gasteiger charge is -2.35. The average molecular weight is 777 g/mol. The van der Waals surface area contributed by atoms with Crippen molar-refractivity contribution in [1.29, 1.82) is 5.41 Å². The minimum Gasteiger partial charge on any atom is -0.366 e. The number of halogens is 2. The summed E-state index contributed by atoms with van der Waals surface area (Å²) in [5, 5.41) is 11.4. The van der Waals surface area contributed by atoms with Crippen LogP contribution < -0.4 is 16.8 Å². The van der Waals surface area contributed by atoms with Crippen molar-refractivity contribution < 1.29 is 23.6 Å². The molecule has 1 heterocycles. The van der Waals surface area contributed by atoms with Crippen LogP contribution in [0, 0.1) is 14.8 Å². The number of piperazine rings is 1. The largest absolute Gasteiger partial charge is 0.366 e. The molecule has 10 nitrogen and oxygen atoms in total. The third-order valence-electron chi connectivity index (χ3n) is 7.18. The molecule has 6 N–H and O–H groups in total. The van der Waals surface area contributed by atoms with Crippen molar-refractivity contribution in [3.63, 3.8) is 0 Å². The predicted octanol–water partition coefficient (Wildman–Crippen LogP) is 3.81. The Kier molecular flexibility index (Phi) is 13.0. The topological polar surface area (TPSA) is 163 Å². The molecule has 0 saturated carbocycles. The molecule has 0 radical (unpaired) electrons. The quantitative estimate of drug-likeness (QED) is 0.0889. The number of nitrogens with two attached hydrogens (primary N) is 2. The third-order valence-corrected chi connectivity index (χ3v) is 10.2. The molecule has 0 aromatic heterocycles. The SMILES string of the molecule is N=C(Cc1ccc(F)c(C(=O)N2CCN(C(=O)c3cc(I)cc(C(=O)NCCSSCCN)c3)CC2)c1)c1ccccc1C(N)=O. The Labute approximate surface area is 288 Å². The zero-order chi connectivity index (χ0) is 33.2. The van der Waals surface area contributed by atoms with Crippen LogP contribution in [-0.2, 0) is 6.42 Å². The molecule has 0 spiro atoms. The monoisotopic (exact) mass is 776 g/mol. The Morgan fingerprint density at radius 1 is 0.848 bits per heavy atom. The van der Waals surface area contributed by atoms with E-state index in [2.05, 4.69) is 27.9 Å². The highest BCUT2D eigenvalue weighted by Gasteiger charge is 2.28. The van der Waals surface area contributed by atoms with Gasteiger partial charge in [-0.2, -0.15) is 0 Å². The highest BCUT2D eigenvalue weighted by atomic mass is 127. The molecule has 1 fully saturated rings. The van der Waals surface area contributed by atoms with E-state index in [0.717, 1.165) is 15.1 Å². The van der Waals surface area contributed by atoms with E-state index in [-0.39, 0.29) is 61.3 Å². The van der Waals surface area contributed by atoms with Gasteiger partial charge >= 0.3 is 0 Å². The van der Waals surface area contributed by atoms with Crippen LogP contribution in [-0.4, -0.2) is 89.9 Å². The van der Waals surface area contributed by atoms with Crippen LogP contribution in [0.5, 0.6) is 0 Å². The molecule has 0 unspecified atom stereocenters. The molecular weight excluding hydrogens is 742 g/mol. The second kappa shape index (κ2) is 16.9. The first kappa shape index (κ1) is 35.4. The van der Waals surface area contributed by atoms with E-state index in [1.807, 2.05) is 0 Å². The van der Waals surface area contributed by atoms with Crippen LogP contribution in [0.3, 0.4) is 0 Å². The van der Waals surface area contributed by atoms with Gasteiger partial charge in [0.1, 0.15) is 5.82 Å². The summed E-state index contributed by atoms with van der Waals surface area (Å²) in [6, 6.07) is 15.7. The van der Waals surface area contributed by atoms with E-state index in [0.29, 0.717) is 35.3 Å². The second-order valence-electron chi connectivity index (χ2n) is 10.4. The molecule has 3 aromatic carbocycles. The normalized spacial score (nSPS) is 12.9. The van der Waals surface area contributed by atoms with E-state index < -0.39 is 17.6 Å². The van der Waals surface area contributed by atoms with Crippen molar-refractivity contribution in [1.82, 2.24) is 15.1 Å². The Morgan fingerprint density at radius 2 is 1.48 bits per heavy atom. The molecule has 4 rings (SSSR count). The molecule has 0 bridgehead atoms. The summed E-state index contributed by atoms with van der Waals surface area (Å²) in [5.41, 5.74) is 12.8. The van der Waals surface area contributed by atoms with Gasteiger partial charge in [-0.25, -0.2) is 4.39 Å². The number of amides is 4. The van der Waals surface area contributed by atoms with E-state index >= 15 is 0 Å². The maximum atomic E-state index is 14.9. The van der Waals surface area contributed by atoms with Crippen molar-refractivity contribution >= 4 is 73.5 Å². The number of rotatable bonds is 13. The summed E-state index contributed by atoms with van der Waals surface area (Å²) < 4.78 is 15.6. The Hall–Kier alpha value is -3.47. The molecule has 4 amide bonds. The van der Waals surface area contributed by atoms with E-state index in [1.54, 1.807) is 62.9 Å². The third kappa shape index (κ3) is 9.30. The van der Waals surface area contributed by atoms with Gasteiger partial charge in [-0.3, -0.25) is 19.2 Å². The molecule has 1 aliphatic heterocycles. The number of primary amides is 1. The second-order valence-corrected chi connectivity index (χ2v) is 14.3. The first-order valence-corrected chi connectivity index (χ1v) is 18.0. The van der Waals surface area contributed by atoms with Gasteiger partial charge in [0.2, 0.25) is 5.91 Å². The summed E-state index contributed by atoms with van der Waals surface area (Å²) >= 11 is 2.08. The maximum Gasteiger partial charge on any atom is 0.256 e. The van der Waals surface area contributed by atoms with Crippen LogP contribution in [0.25, 0.3) is 0 Å². The molecule has 242 valence electrons. The minimum atomic E-state index is -0.686. The van der Waals surface area contributed by atoms with Gasteiger partial charge in [0, 0.05) is 88.7 Å². The molecule has 0 aliphatic carbocycles. The van der Waals surface area contributed by atoms with Gasteiger partial charge in [-0.15, -0.1) is 0 Å². The summed E-state index contributed by atoms with van der Waals surface area (Å²) in [6.07, 6.45) is 0.0653. The van der Waals surface area contributed by atoms with Gasteiger partial charge in [0.15, 0.2) is 0 Å². The lowest BCUT2D eigenvalue weighted by Crippen LogP contribution is -2.50. The number of carbonyl (C=O) groups excluding carboxylic acids is 4. The zero-order valence-electron chi connectivity index (χ0n) is 24.9. The molecular formula is C32H34FIN6O4S2. The van der Waals surface area contributed by atoms with Crippen LogP contribution in [0.15, 0.2) is 60.7 Å². The fraction of sp³-hybridized carbons (Fsp3) is 0.281. The van der Waals surface area contributed by atoms with Crippen LogP contribution >= 0.6 is 44.2 Å². The molecule has 1 saturated heterocycles. The van der Waals surface area contributed by atoms with Crippen LogP contribution in [0.4, 0.5) is 4.39 Å². The first-order chi connectivity index (χ1) is 22.1. The number of benzene rings is 3. The number of nitrogens with one attached hydrogen (secondary N) is 2. The fourth-order valence-electron chi connectivity index (χ4n) is 4.89. The van der Waals surface area contributed by atoms with Gasteiger partial charge < -0.3 is 32.0 Å². The number of nitrogens with zero attached hydrogens (tertiary/aromatic N) is 2. The van der Waals surface area contributed by atoms with Gasteiger partial charge in [-0.1, -0.05) is 45.9 Å². The van der Waals surface area contributed by atoms with Crippen molar-refractivity contribution in [3.05, 3.63) is 103 Å². The van der Waals surface area contributed by atoms with Crippen molar-refractivity contribution in [2.45, 2.75) is 6.42 Å². The zero-order valence-corrected chi connectivity index (χ0v) is 28.7. The van der Waals surface area contributed by atoms with E-state index in [1.165, 1.54) is 29.2 Å². The van der Waals surface area contributed by atoms with Crippen molar-refractivity contribution in [2.75, 3.05) is 50.8 Å². The Balaban J connectivity index is 1.36. The van der Waals surface area contributed by atoms with Crippen LogP contribution in [0.1, 0.15) is 52.6 Å². The number of hydrogen-bond acceptors (Lipinski definition) is 8. The first-order valence-electron chi connectivity index (χ1n) is 14.5. The van der Waals surface area contributed by atoms with E-state index in [4.69, 9.17) is 16.9 Å². The summed E-state index contributed by atoms with van der Waals surface area (Å²) in [5.74, 6) is -0.785. The number of carbonyl (C=O) groups is 4. The summed E-state index contributed by atoms with van der Waals surface area (Å²) in [7, 11) is 3.29. The van der Waals surface area contributed by atoms with Crippen LogP contribution in [0.2, 0.25) is 0 Å². The minimum absolute atomic E-state index is 0.0653. The highest BCUT2D eigenvalue weighted by Crippen LogP contribution is 2.21. The average Bonchev–Trinajstić information content (AvgIpc) is 3.06. The van der Waals surface area contributed by atoms with Gasteiger partial charge in [-0.05, 0) is 64.6 Å². The van der Waals surface area contributed by atoms with Crippen molar-refractivity contribution in [2.24, 2.45) is 11.5 Å². The smallest absolute Gasteiger partial charge is 0.256 e. The maximum absolute atomic E-state index is 14.9. The fourth-order valence-corrected chi connectivity index (χ4v) is 7.32. The lowest BCUT2D eigenvalue weighted by atomic mass is 9.96. The Bertz CT molecular complexity index is 1630. The van der Waals surface area contributed by atoms with Gasteiger partial charge in [0.05, 0.1) is 5.56 Å². The molecule has 3 aromatic rings. The standard InChI is InChI=1S/C32H34FIN6O4S2/c33-27-6-5-20(16-28(36)24-3-1-2-4-25(24)29(37)41)15-26(27)32(44)40-11-9-39(10-12-40)31(43)22-17-21(18-23(34)19-22)30(42)38-8-14-46-45-13-7-35/h1-6,15,17-19,36H,7-14,16,35H2,(H2,37,41)(H,38,42). The predicted molar refractivity (Wildman–Crippen MR) is 189 cm³/mol. The summed E-state index contributed by atoms with van der Waals surface area (Å²) in [4.78, 5) is 54.4. The molecule has 0 atom stereocenters. The van der Waals surface area contributed by atoms with Gasteiger partial charge in [0.25, 0.3) is 17.7 Å². The van der Waals surface area contributed by atoms with Crippen molar-refractivity contribution in [3.8, 4) is 0 Å². The lowest BCUT2D eigenvalue weighted by molar-refractivity contribution is 0.0532. The molecule has 46 heavy (non-hydrogen) atoms. The highest BCUT2D eigenvalue weighted by molar-refractivity contribution is 14.1. The molecule has 1 aliphatic rings. The Morgan fingerprint density at radius 3 is 2.15 bits per heavy atom.